The van der Waals surface area contributed by atoms with E-state index in [2.05, 4.69) is 10.2 Å². The second-order valence-electron chi connectivity index (χ2n) is 5.50. The molecule has 1 aromatic carbocycles. The number of rotatable bonds is 4. The van der Waals surface area contributed by atoms with Crippen LogP contribution in [0.3, 0.4) is 0 Å². The molecule has 0 bridgehead atoms. The quantitative estimate of drug-likeness (QED) is 0.883. The molecule has 7 heteroatoms. The van der Waals surface area contributed by atoms with Gasteiger partial charge in [-0.1, -0.05) is 12.1 Å². The fraction of sp³-hybridized carbons (Fsp3) is 0.600. The van der Waals surface area contributed by atoms with Gasteiger partial charge in [0.15, 0.2) is 0 Å². The third kappa shape index (κ3) is 5.34. The Labute approximate surface area is 134 Å². The van der Waals surface area contributed by atoms with E-state index < -0.39 is 12.6 Å². The molecule has 3 nitrogen and oxygen atoms in total. The summed E-state index contributed by atoms with van der Waals surface area (Å²) in [6.07, 6.45) is -4.88. The van der Waals surface area contributed by atoms with Crippen molar-refractivity contribution in [3.05, 3.63) is 29.3 Å². The lowest BCUT2D eigenvalue weighted by atomic mass is 9.97. The van der Waals surface area contributed by atoms with Crippen LogP contribution in [-0.2, 0) is 0 Å². The number of nitrogens with one attached hydrogen (secondary N) is 1. The van der Waals surface area contributed by atoms with E-state index in [0.717, 1.165) is 31.7 Å². The first-order chi connectivity index (χ1) is 9.87. The number of halogens is 4. The molecule has 1 heterocycles. The average molecular weight is 339 g/mol. The number of phenolic OH excluding ortho intramolecular Hbond substituents is 1. The van der Waals surface area contributed by atoms with Gasteiger partial charge in [-0.2, -0.15) is 13.2 Å². The molecule has 0 amide bonds. The Kier molecular flexibility index (Phi) is 6.97. The van der Waals surface area contributed by atoms with E-state index in [1.807, 2.05) is 0 Å². The Bertz CT molecular complexity index is 476. The molecule has 0 spiro atoms. The molecule has 1 atom stereocenters. The molecule has 0 saturated carbocycles. The van der Waals surface area contributed by atoms with Gasteiger partial charge < -0.3 is 10.4 Å². The van der Waals surface area contributed by atoms with Gasteiger partial charge in [-0.25, -0.2) is 0 Å². The van der Waals surface area contributed by atoms with Crippen LogP contribution in [0.1, 0.15) is 30.0 Å². The number of hydrogen-bond donors (Lipinski definition) is 2. The first-order valence-corrected chi connectivity index (χ1v) is 7.18. The van der Waals surface area contributed by atoms with Crippen LogP contribution in [0, 0.1) is 6.92 Å². The van der Waals surface area contributed by atoms with Crippen LogP contribution in [0.15, 0.2) is 18.2 Å². The summed E-state index contributed by atoms with van der Waals surface area (Å²) < 4.78 is 37.7. The van der Waals surface area contributed by atoms with Crippen LogP contribution in [0.25, 0.3) is 0 Å². The molecule has 1 saturated heterocycles. The SMILES string of the molecule is Cc1cc([C@H](CCC(F)(F)F)N2CCNCC2)ccc1O.Cl. The van der Waals surface area contributed by atoms with Gasteiger partial charge >= 0.3 is 6.18 Å². The molecule has 2 N–H and O–H groups in total. The summed E-state index contributed by atoms with van der Waals surface area (Å²) in [6, 6.07) is 4.82. The molecule has 1 fully saturated rings. The molecule has 1 aliphatic rings. The Hall–Kier alpha value is -0.980. The normalized spacial score (nSPS) is 17.8. The Morgan fingerprint density at radius 3 is 2.45 bits per heavy atom. The first-order valence-electron chi connectivity index (χ1n) is 7.18. The monoisotopic (exact) mass is 338 g/mol. The topological polar surface area (TPSA) is 35.5 Å². The van der Waals surface area contributed by atoms with E-state index in [-0.39, 0.29) is 30.6 Å². The molecule has 126 valence electrons. The molecule has 0 aliphatic carbocycles. The molecular formula is C15H22ClF3N2O. The molecule has 0 unspecified atom stereocenters. The minimum absolute atomic E-state index is 0. The van der Waals surface area contributed by atoms with Crippen LogP contribution in [0.4, 0.5) is 13.2 Å². The van der Waals surface area contributed by atoms with E-state index in [1.54, 1.807) is 25.1 Å². The lowest BCUT2D eigenvalue weighted by Gasteiger charge is -2.35. The maximum atomic E-state index is 12.6. The Morgan fingerprint density at radius 1 is 1.27 bits per heavy atom. The van der Waals surface area contributed by atoms with Gasteiger partial charge in [0, 0.05) is 38.6 Å². The van der Waals surface area contributed by atoms with Crippen molar-refractivity contribution in [2.75, 3.05) is 26.2 Å². The number of alkyl halides is 3. The molecule has 0 aromatic heterocycles. The van der Waals surface area contributed by atoms with Crippen LogP contribution < -0.4 is 5.32 Å². The number of aryl methyl sites for hydroxylation is 1. The minimum Gasteiger partial charge on any atom is -0.508 e. The van der Waals surface area contributed by atoms with Gasteiger partial charge in [-0.3, -0.25) is 4.90 Å². The van der Waals surface area contributed by atoms with Crippen LogP contribution in [-0.4, -0.2) is 42.4 Å². The number of benzene rings is 1. The van der Waals surface area contributed by atoms with Crippen LogP contribution in [0.2, 0.25) is 0 Å². The van der Waals surface area contributed by atoms with Crippen molar-refractivity contribution in [3.63, 3.8) is 0 Å². The molecule has 0 radical (unpaired) electrons. The number of hydrogen-bond acceptors (Lipinski definition) is 3. The second kappa shape index (κ2) is 8.04. The standard InChI is InChI=1S/C15H21F3N2O.ClH/c1-11-10-12(2-3-14(11)21)13(4-5-15(16,17)18)20-8-6-19-7-9-20;/h2-3,10,13,19,21H,4-9H2,1H3;1H/t13-;/m0./s1. The fourth-order valence-electron chi connectivity index (χ4n) is 2.74. The van der Waals surface area contributed by atoms with Crippen molar-refractivity contribution in [2.45, 2.75) is 32.0 Å². The highest BCUT2D eigenvalue weighted by molar-refractivity contribution is 5.85. The summed E-state index contributed by atoms with van der Waals surface area (Å²) in [6.45, 7) is 4.82. The number of phenols is 1. The average Bonchev–Trinajstić information content (AvgIpc) is 2.43. The van der Waals surface area contributed by atoms with E-state index >= 15 is 0 Å². The number of aromatic hydroxyl groups is 1. The van der Waals surface area contributed by atoms with Crippen molar-refractivity contribution < 1.29 is 18.3 Å². The van der Waals surface area contributed by atoms with E-state index in [9.17, 15) is 18.3 Å². The Morgan fingerprint density at radius 2 is 1.91 bits per heavy atom. The van der Waals surface area contributed by atoms with Crippen molar-refractivity contribution >= 4 is 12.4 Å². The van der Waals surface area contributed by atoms with Gasteiger partial charge in [0.05, 0.1) is 0 Å². The predicted octanol–water partition coefficient (Wildman–Crippen LogP) is 3.41. The van der Waals surface area contributed by atoms with E-state index in [4.69, 9.17) is 0 Å². The second-order valence-corrected chi connectivity index (χ2v) is 5.50. The number of nitrogens with zero attached hydrogens (tertiary/aromatic N) is 1. The van der Waals surface area contributed by atoms with E-state index in [1.165, 1.54) is 0 Å². The third-order valence-corrected chi connectivity index (χ3v) is 3.90. The lowest BCUT2D eigenvalue weighted by molar-refractivity contribution is -0.138. The Balaban J connectivity index is 0.00000242. The largest absolute Gasteiger partial charge is 0.508 e. The predicted molar refractivity (Wildman–Crippen MR) is 82.6 cm³/mol. The lowest BCUT2D eigenvalue weighted by Crippen LogP contribution is -2.45. The zero-order valence-electron chi connectivity index (χ0n) is 12.5. The maximum absolute atomic E-state index is 12.6. The molecule has 2 rings (SSSR count). The summed E-state index contributed by atoms with van der Waals surface area (Å²) >= 11 is 0. The van der Waals surface area contributed by atoms with Gasteiger partial charge in [0.25, 0.3) is 0 Å². The maximum Gasteiger partial charge on any atom is 0.389 e. The smallest absolute Gasteiger partial charge is 0.389 e. The van der Waals surface area contributed by atoms with Crippen molar-refractivity contribution in [2.24, 2.45) is 0 Å². The summed E-state index contributed by atoms with van der Waals surface area (Å²) in [5.41, 5.74) is 1.54. The minimum atomic E-state index is -4.14. The first kappa shape index (κ1) is 19.1. The highest BCUT2D eigenvalue weighted by Crippen LogP contribution is 2.33. The third-order valence-electron chi connectivity index (χ3n) is 3.90. The highest BCUT2D eigenvalue weighted by Gasteiger charge is 2.31. The van der Waals surface area contributed by atoms with Gasteiger partial charge in [-0.05, 0) is 30.5 Å². The summed E-state index contributed by atoms with van der Waals surface area (Å²) in [5, 5.41) is 12.8. The van der Waals surface area contributed by atoms with Gasteiger partial charge in [0.2, 0.25) is 0 Å². The highest BCUT2D eigenvalue weighted by atomic mass is 35.5. The zero-order chi connectivity index (χ0) is 15.5. The molecule has 22 heavy (non-hydrogen) atoms. The molecule has 1 aromatic rings. The van der Waals surface area contributed by atoms with Crippen LogP contribution in [0.5, 0.6) is 5.75 Å². The van der Waals surface area contributed by atoms with Gasteiger partial charge in [0.1, 0.15) is 5.75 Å². The van der Waals surface area contributed by atoms with Crippen molar-refractivity contribution in [1.82, 2.24) is 10.2 Å². The summed E-state index contributed by atoms with van der Waals surface area (Å²) in [4.78, 5) is 2.09. The zero-order valence-corrected chi connectivity index (χ0v) is 13.3. The summed E-state index contributed by atoms with van der Waals surface area (Å²) in [7, 11) is 0. The van der Waals surface area contributed by atoms with Crippen molar-refractivity contribution in [1.29, 1.82) is 0 Å². The number of piperazine rings is 1. The molecule has 1 aliphatic heterocycles. The summed E-state index contributed by atoms with van der Waals surface area (Å²) in [5.74, 6) is 0.175. The van der Waals surface area contributed by atoms with Gasteiger partial charge in [-0.15, -0.1) is 12.4 Å². The van der Waals surface area contributed by atoms with Crippen LogP contribution >= 0.6 is 12.4 Å². The fourth-order valence-corrected chi connectivity index (χ4v) is 2.74. The van der Waals surface area contributed by atoms with Crippen molar-refractivity contribution in [3.8, 4) is 5.75 Å². The van der Waals surface area contributed by atoms with E-state index in [0.29, 0.717) is 5.56 Å². The molecular weight excluding hydrogens is 317 g/mol.